The molecule has 0 radical (unpaired) electrons. The van der Waals surface area contributed by atoms with Gasteiger partial charge in [0.25, 0.3) is 5.91 Å². The van der Waals surface area contributed by atoms with E-state index in [1.807, 2.05) is 18.2 Å². The fraction of sp³-hybridized carbons (Fsp3) is 0.391. The first kappa shape index (κ1) is 18.7. The Hall–Kier alpha value is -2.69. The van der Waals surface area contributed by atoms with Crippen LogP contribution in [0.1, 0.15) is 48.0 Å². The number of rotatable bonds is 5. The maximum Gasteiger partial charge on any atom is 0.251 e. The van der Waals surface area contributed by atoms with Crippen molar-refractivity contribution in [1.82, 2.24) is 10.2 Å². The zero-order chi connectivity index (χ0) is 19.5. The summed E-state index contributed by atoms with van der Waals surface area (Å²) in [4.78, 5) is 27.3. The van der Waals surface area contributed by atoms with Gasteiger partial charge in [0.05, 0.1) is 0 Å². The second-order valence-corrected chi connectivity index (χ2v) is 7.82. The Morgan fingerprint density at radius 2 is 1.61 bits per heavy atom. The first-order valence-electron chi connectivity index (χ1n) is 10.0. The Balaban J connectivity index is 1.33. The van der Waals surface area contributed by atoms with E-state index in [1.54, 1.807) is 0 Å². The maximum atomic E-state index is 13.0. The normalized spacial score (nSPS) is 23.5. The number of hydrogen-bond acceptors (Lipinski definition) is 2. The lowest BCUT2D eigenvalue weighted by Gasteiger charge is -2.39. The lowest BCUT2D eigenvalue weighted by atomic mass is 9.96. The van der Waals surface area contributed by atoms with Crippen LogP contribution in [0.25, 0.3) is 0 Å². The molecule has 28 heavy (non-hydrogen) atoms. The SMILES string of the molecule is O=C(NC1C[C@H]2CC[C@@H](C1)N2C(=O)CCc1ccccc1)c1ccc(F)cc1. The lowest BCUT2D eigenvalue weighted by molar-refractivity contribution is -0.135. The number of amides is 2. The van der Waals surface area contributed by atoms with Crippen molar-refractivity contribution in [3.8, 4) is 0 Å². The predicted molar refractivity (Wildman–Crippen MR) is 105 cm³/mol. The molecule has 146 valence electrons. The van der Waals surface area contributed by atoms with Gasteiger partial charge in [-0.2, -0.15) is 0 Å². The summed E-state index contributed by atoms with van der Waals surface area (Å²) in [5.41, 5.74) is 1.65. The minimum absolute atomic E-state index is 0.0632. The van der Waals surface area contributed by atoms with Crippen molar-refractivity contribution in [2.75, 3.05) is 0 Å². The van der Waals surface area contributed by atoms with E-state index in [9.17, 15) is 14.0 Å². The summed E-state index contributed by atoms with van der Waals surface area (Å²) in [6.07, 6.45) is 4.89. The Morgan fingerprint density at radius 3 is 2.25 bits per heavy atom. The van der Waals surface area contributed by atoms with Gasteiger partial charge in [-0.1, -0.05) is 30.3 Å². The van der Waals surface area contributed by atoms with Crippen LogP contribution in [0.4, 0.5) is 4.39 Å². The molecule has 0 saturated carbocycles. The van der Waals surface area contributed by atoms with Crippen LogP contribution >= 0.6 is 0 Å². The Kier molecular flexibility index (Phi) is 5.42. The van der Waals surface area contributed by atoms with Gasteiger partial charge >= 0.3 is 0 Å². The fourth-order valence-corrected chi connectivity index (χ4v) is 4.60. The summed E-state index contributed by atoms with van der Waals surface area (Å²) in [6, 6.07) is 16.2. The number of carbonyl (C=O) groups is 2. The molecule has 0 spiro atoms. The highest BCUT2D eigenvalue weighted by Crippen LogP contribution is 2.36. The highest BCUT2D eigenvalue weighted by atomic mass is 19.1. The zero-order valence-corrected chi connectivity index (χ0v) is 15.8. The van der Waals surface area contributed by atoms with E-state index >= 15 is 0 Å². The molecule has 2 amide bonds. The van der Waals surface area contributed by atoms with Crippen molar-refractivity contribution in [2.24, 2.45) is 0 Å². The molecule has 2 aliphatic rings. The van der Waals surface area contributed by atoms with Crippen LogP contribution in [-0.2, 0) is 11.2 Å². The molecule has 2 aliphatic heterocycles. The van der Waals surface area contributed by atoms with Gasteiger partial charge in [0.1, 0.15) is 5.82 Å². The molecule has 2 saturated heterocycles. The standard InChI is InChI=1S/C23H25FN2O2/c24-18-9-7-17(8-10-18)23(28)25-19-14-20-11-12-21(15-19)26(20)22(27)13-6-16-4-2-1-3-5-16/h1-5,7-10,19-21H,6,11-15H2,(H,25,28)/t19?,20-,21+. The first-order chi connectivity index (χ1) is 13.6. The Morgan fingerprint density at radius 1 is 0.964 bits per heavy atom. The quantitative estimate of drug-likeness (QED) is 0.860. The first-order valence-corrected chi connectivity index (χ1v) is 10.0. The van der Waals surface area contributed by atoms with Crippen molar-refractivity contribution in [3.05, 3.63) is 71.5 Å². The third-order valence-corrected chi connectivity index (χ3v) is 5.93. The fourth-order valence-electron chi connectivity index (χ4n) is 4.60. The van der Waals surface area contributed by atoms with Gasteiger partial charge < -0.3 is 10.2 Å². The summed E-state index contributed by atoms with van der Waals surface area (Å²) in [5.74, 6) is -0.301. The summed E-state index contributed by atoms with van der Waals surface area (Å²) >= 11 is 0. The molecular weight excluding hydrogens is 355 g/mol. The second kappa shape index (κ2) is 8.13. The molecule has 2 bridgehead atoms. The van der Waals surface area contributed by atoms with Gasteiger partial charge in [-0.25, -0.2) is 4.39 Å². The summed E-state index contributed by atoms with van der Waals surface area (Å²) < 4.78 is 13.0. The maximum absolute atomic E-state index is 13.0. The van der Waals surface area contributed by atoms with Crippen LogP contribution < -0.4 is 5.32 Å². The van der Waals surface area contributed by atoms with Crippen LogP contribution in [0.3, 0.4) is 0 Å². The molecule has 0 aromatic heterocycles. The van der Waals surface area contributed by atoms with Crippen molar-refractivity contribution >= 4 is 11.8 Å². The number of aryl methyl sites for hydroxylation is 1. The van der Waals surface area contributed by atoms with E-state index in [0.29, 0.717) is 12.0 Å². The molecule has 2 aromatic carbocycles. The minimum atomic E-state index is -0.350. The third kappa shape index (κ3) is 4.08. The van der Waals surface area contributed by atoms with Gasteiger partial charge in [-0.05, 0) is 61.9 Å². The highest BCUT2D eigenvalue weighted by molar-refractivity contribution is 5.94. The molecule has 4 nitrogen and oxygen atoms in total. The Bertz CT molecular complexity index is 823. The minimum Gasteiger partial charge on any atom is -0.349 e. The number of nitrogens with zero attached hydrogens (tertiary/aromatic N) is 1. The largest absolute Gasteiger partial charge is 0.349 e. The zero-order valence-electron chi connectivity index (χ0n) is 15.8. The second-order valence-electron chi connectivity index (χ2n) is 7.82. The van der Waals surface area contributed by atoms with Gasteiger partial charge in [0.15, 0.2) is 0 Å². The molecule has 1 unspecified atom stereocenters. The molecule has 2 fully saturated rings. The van der Waals surface area contributed by atoms with Crippen LogP contribution in [0, 0.1) is 5.82 Å². The monoisotopic (exact) mass is 380 g/mol. The number of carbonyl (C=O) groups excluding carboxylic acids is 2. The molecule has 4 rings (SSSR count). The number of halogens is 1. The van der Waals surface area contributed by atoms with Gasteiger partial charge in [0.2, 0.25) is 5.91 Å². The molecular formula is C23H25FN2O2. The summed E-state index contributed by atoms with van der Waals surface area (Å²) in [5, 5.41) is 3.07. The predicted octanol–water partition coefficient (Wildman–Crippen LogP) is 3.71. The smallest absolute Gasteiger partial charge is 0.251 e. The van der Waals surface area contributed by atoms with E-state index in [0.717, 1.165) is 32.1 Å². The number of benzene rings is 2. The molecule has 3 atom stereocenters. The van der Waals surface area contributed by atoms with Crippen molar-refractivity contribution in [1.29, 1.82) is 0 Å². The van der Waals surface area contributed by atoms with E-state index < -0.39 is 0 Å². The molecule has 2 aromatic rings. The molecule has 2 heterocycles. The van der Waals surface area contributed by atoms with Gasteiger partial charge in [-0.3, -0.25) is 9.59 Å². The number of fused-ring (bicyclic) bond motifs is 2. The average Bonchev–Trinajstić information content (AvgIpc) is 2.98. The van der Waals surface area contributed by atoms with E-state index in [2.05, 4.69) is 22.3 Å². The number of nitrogens with one attached hydrogen (secondary N) is 1. The van der Waals surface area contributed by atoms with E-state index in [1.165, 1.54) is 29.8 Å². The van der Waals surface area contributed by atoms with Crippen molar-refractivity contribution < 1.29 is 14.0 Å². The number of hydrogen-bond donors (Lipinski definition) is 1. The topological polar surface area (TPSA) is 49.4 Å². The molecule has 5 heteroatoms. The van der Waals surface area contributed by atoms with Crippen LogP contribution in [-0.4, -0.2) is 34.8 Å². The van der Waals surface area contributed by atoms with Crippen LogP contribution in [0.15, 0.2) is 54.6 Å². The number of piperidine rings is 1. The summed E-state index contributed by atoms with van der Waals surface area (Å²) in [7, 11) is 0. The van der Waals surface area contributed by atoms with Crippen LogP contribution in [0.5, 0.6) is 0 Å². The third-order valence-electron chi connectivity index (χ3n) is 5.93. The lowest BCUT2D eigenvalue weighted by Crippen LogP contribution is -2.52. The van der Waals surface area contributed by atoms with E-state index in [-0.39, 0.29) is 35.8 Å². The highest BCUT2D eigenvalue weighted by Gasteiger charge is 2.43. The summed E-state index contributed by atoms with van der Waals surface area (Å²) in [6.45, 7) is 0. The molecule has 0 aliphatic carbocycles. The molecule has 1 N–H and O–H groups in total. The van der Waals surface area contributed by atoms with Gasteiger partial charge in [0, 0.05) is 30.1 Å². The average molecular weight is 380 g/mol. The van der Waals surface area contributed by atoms with Crippen molar-refractivity contribution in [2.45, 2.75) is 56.7 Å². The Labute approximate surface area is 164 Å². The van der Waals surface area contributed by atoms with Crippen molar-refractivity contribution in [3.63, 3.8) is 0 Å². The van der Waals surface area contributed by atoms with Crippen LogP contribution in [0.2, 0.25) is 0 Å². The van der Waals surface area contributed by atoms with Gasteiger partial charge in [-0.15, -0.1) is 0 Å². The van der Waals surface area contributed by atoms with E-state index in [4.69, 9.17) is 0 Å².